The van der Waals surface area contributed by atoms with Gasteiger partial charge >= 0.3 is 0 Å². The minimum atomic E-state index is -0.783. The molecule has 1 fully saturated rings. The number of Topliss-reactive ketones (excluding diaryl/α,β-unsaturated/α-hetero) is 1. The lowest BCUT2D eigenvalue weighted by Gasteiger charge is -2.17. The van der Waals surface area contributed by atoms with E-state index in [1.807, 2.05) is 31.2 Å². The molecular formula is C23H23N3O4. The fourth-order valence-corrected chi connectivity index (χ4v) is 3.70. The number of likely N-dealkylation sites (tertiary alicyclic amines) is 1. The summed E-state index contributed by atoms with van der Waals surface area (Å²) < 4.78 is 5.20. The van der Waals surface area contributed by atoms with Crippen LogP contribution in [-0.4, -0.2) is 47.2 Å². The van der Waals surface area contributed by atoms with Gasteiger partial charge in [0.15, 0.2) is 0 Å². The quantitative estimate of drug-likeness (QED) is 0.487. The molecule has 7 nitrogen and oxygen atoms in total. The molecule has 0 saturated carbocycles. The largest absolute Gasteiger partial charge is 0.497 e. The summed E-state index contributed by atoms with van der Waals surface area (Å²) in [5.74, 6) is -1.04. The number of aryl methyl sites for hydroxylation is 1. The molecule has 3 aromatic rings. The number of ether oxygens (including phenoxy) is 1. The molecule has 1 atom stereocenters. The summed E-state index contributed by atoms with van der Waals surface area (Å²) in [5, 5.41) is 3.21. The van der Waals surface area contributed by atoms with E-state index in [0.29, 0.717) is 30.6 Å². The molecule has 2 N–H and O–H groups in total. The molecule has 7 heteroatoms. The van der Waals surface area contributed by atoms with Crippen molar-refractivity contribution in [2.24, 2.45) is 0 Å². The molecule has 1 saturated heterocycles. The topological polar surface area (TPSA) is 91.5 Å². The first-order valence-electron chi connectivity index (χ1n) is 9.81. The Kier molecular flexibility index (Phi) is 5.27. The molecule has 2 aromatic carbocycles. The van der Waals surface area contributed by atoms with Gasteiger partial charge in [-0.25, -0.2) is 0 Å². The average Bonchev–Trinajstić information content (AvgIpc) is 3.32. The zero-order valence-electron chi connectivity index (χ0n) is 16.9. The van der Waals surface area contributed by atoms with Gasteiger partial charge in [0.1, 0.15) is 11.8 Å². The van der Waals surface area contributed by atoms with Crippen molar-refractivity contribution in [3.63, 3.8) is 0 Å². The van der Waals surface area contributed by atoms with Gasteiger partial charge in [-0.05, 0) is 37.1 Å². The first-order valence-corrected chi connectivity index (χ1v) is 9.81. The smallest absolute Gasteiger partial charge is 0.293 e. The minimum absolute atomic E-state index is 0.169. The number of H-pyrrole nitrogens is 1. The van der Waals surface area contributed by atoms with Gasteiger partial charge in [0.25, 0.3) is 11.7 Å². The molecule has 1 aliphatic rings. The number of ketones is 1. The third-order valence-corrected chi connectivity index (χ3v) is 5.44. The van der Waals surface area contributed by atoms with Gasteiger partial charge in [-0.3, -0.25) is 14.4 Å². The number of nitrogens with zero attached hydrogens (tertiary/aromatic N) is 1. The molecule has 1 aliphatic heterocycles. The van der Waals surface area contributed by atoms with Crippen LogP contribution in [0.25, 0.3) is 10.9 Å². The number of benzene rings is 2. The zero-order valence-corrected chi connectivity index (χ0v) is 16.9. The predicted octanol–water partition coefficient (Wildman–Crippen LogP) is 2.58. The summed E-state index contributed by atoms with van der Waals surface area (Å²) in [7, 11) is 1.54. The lowest BCUT2D eigenvalue weighted by Crippen LogP contribution is -2.44. The van der Waals surface area contributed by atoms with Crippen molar-refractivity contribution in [2.45, 2.75) is 25.9 Å². The second kappa shape index (κ2) is 8.02. The second-order valence-corrected chi connectivity index (χ2v) is 7.50. The highest BCUT2D eigenvalue weighted by atomic mass is 16.5. The molecular weight excluding hydrogens is 382 g/mol. The third-order valence-electron chi connectivity index (χ3n) is 5.44. The van der Waals surface area contributed by atoms with Gasteiger partial charge < -0.3 is 19.9 Å². The van der Waals surface area contributed by atoms with Gasteiger partial charge in [-0.2, -0.15) is 0 Å². The first kappa shape index (κ1) is 19.7. The van der Waals surface area contributed by atoms with Crippen molar-refractivity contribution < 1.29 is 19.1 Å². The Morgan fingerprint density at radius 3 is 2.70 bits per heavy atom. The molecule has 0 radical (unpaired) electrons. The summed E-state index contributed by atoms with van der Waals surface area (Å²) in [6, 6.07) is 12.6. The molecule has 0 aliphatic carbocycles. The number of nitrogens with one attached hydrogen (secondary N) is 2. The Bertz CT molecular complexity index is 1120. The maximum absolute atomic E-state index is 12.7. The van der Waals surface area contributed by atoms with E-state index in [1.54, 1.807) is 23.1 Å². The van der Waals surface area contributed by atoms with E-state index in [-0.39, 0.29) is 11.5 Å². The van der Waals surface area contributed by atoms with Crippen LogP contribution >= 0.6 is 0 Å². The Morgan fingerprint density at radius 1 is 1.20 bits per heavy atom. The van der Waals surface area contributed by atoms with Crippen LogP contribution in [0.1, 0.15) is 27.9 Å². The lowest BCUT2D eigenvalue weighted by molar-refractivity contribution is -0.132. The molecule has 30 heavy (non-hydrogen) atoms. The number of carbonyl (C=O) groups is 3. The fraction of sp³-hybridized carbons (Fsp3) is 0.261. The number of methoxy groups -OCH3 is 1. The van der Waals surface area contributed by atoms with Gasteiger partial charge in [0.2, 0.25) is 5.91 Å². The molecule has 2 heterocycles. The number of hydrogen-bond donors (Lipinski definition) is 2. The van der Waals surface area contributed by atoms with Gasteiger partial charge in [-0.1, -0.05) is 29.8 Å². The van der Waals surface area contributed by atoms with Crippen LogP contribution in [0, 0.1) is 6.92 Å². The minimum Gasteiger partial charge on any atom is -0.497 e. The van der Waals surface area contributed by atoms with Crippen LogP contribution < -0.4 is 10.1 Å². The highest BCUT2D eigenvalue weighted by Gasteiger charge is 2.34. The van der Waals surface area contributed by atoms with E-state index >= 15 is 0 Å². The Labute approximate surface area is 174 Å². The third kappa shape index (κ3) is 3.78. The van der Waals surface area contributed by atoms with E-state index in [4.69, 9.17) is 4.74 Å². The number of amides is 2. The number of fused-ring (bicyclic) bond motifs is 1. The summed E-state index contributed by atoms with van der Waals surface area (Å²) in [6.07, 6.45) is 1.98. The van der Waals surface area contributed by atoms with E-state index in [0.717, 1.165) is 16.6 Å². The number of aromatic amines is 1. The van der Waals surface area contributed by atoms with Crippen molar-refractivity contribution in [3.8, 4) is 5.75 Å². The number of rotatable bonds is 6. The van der Waals surface area contributed by atoms with E-state index in [1.165, 1.54) is 13.3 Å². The Morgan fingerprint density at radius 2 is 1.97 bits per heavy atom. The van der Waals surface area contributed by atoms with Crippen molar-refractivity contribution in [3.05, 3.63) is 65.4 Å². The summed E-state index contributed by atoms with van der Waals surface area (Å²) >= 11 is 0. The van der Waals surface area contributed by atoms with Gasteiger partial charge in [0, 0.05) is 30.2 Å². The van der Waals surface area contributed by atoms with Crippen molar-refractivity contribution in [1.29, 1.82) is 0 Å². The van der Waals surface area contributed by atoms with Gasteiger partial charge in [-0.15, -0.1) is 0 Å². The highest BCUT2D eigenvalue weighted by Crippen LogP contribution is 2.24. The van der Waals surface area contributed by atoms with Crippen LogP contribution in [0.5, 0.6) is 5.75 Å². The molecule has 0 bridgehead atoms. The zero-order chi connectivity index (χ0) is 21.3. The lowest BCUT2D eigenvalue weighted by atomic mass is 10.1. The predicted molar refractivity (Wildman–Crippen MR) is 112 cm³/mol. The molecule has 4 rings (SSSR count). The van der Waals surface area contributed by atoms with Gasteiger partial charge in [0.05, 0.1) is 12.7 Å². The SMILES string of the molecule is COc1ccc2[nH]cc(C(=O)C(=O)NC3CCN(Cc4ccc(C)cc4)C3=O)c2c1. The molecule has 0 spiro atoms. The average molecular weight is 405 g/mol. The summed E-state index contributed by atoms with van der Waals surface area (Å²) in [4.78, 5) is 42.7. The van der Waals surface area contributed by atoms with Crippen molar-refractivity contribution in [2.75, 3.05) is 13.7 Å². The molecule has 2 amide bonds. The first-order chi connectivity index (χ1) is 14.5. The van der Waals surface area contributed by atoms with Crippen LogP contribution in [0.3, 0.4) is 0 Å². The fourth-order valence-electron chi connectivity index (χ4n) is 3.70. The van der Waals surface area contributed by atoms with Crippen molar-refractivity contribution in [1.82, 2.24) is 15.2 Å². The standard InChI is InChI=1S/C23H23N3O4/c1-14-3-5-15(6-4-14)13-26-10-9-20(23(26)29)25-22(28)21(27)18-12-24-19-8-7-16(30-2)11-17(18)19/h3-8,11-12,20,24H,9-10,13H2,1-2H3,(H,25,28). The monoisotopic (exact) mass is 405 g/mol. The van der Waals surface area contributed by atoms with Crippen LogP contribution in [-0.2, 0) is 16.1 Å². The molecule has 1 aromatic heterocycles. The second-order valence-electron chi connectivity index (χ2n) is 7.50. The highest BCUT2D eigenvalue weighted by molar-refractivity contribution is 6.45. The molecule has 1 unspecified atom stereocenters. The van der Waals surface area contributed by atoms with E-state index in [9.17, 15) is 14.4 Å². The maximum atomic E-state index is 12.7. The Balaban J connectivity index is 1.43. The van der Waals surface area contributed by atoms with E-state index in [2.05, 4.69) is 10.3 Å². The Hall–Kier alpha value is -3.61. The summed E-state index contributed by atoms with van der Waals surface area (Å²) in [5.41, 5.74) is 3.17. The number of carbonyl (C=O) groups excluding carboxylic acids is 3. The van der Waals surface area contributed by atoms with Crippen molar-refractivity contribution >= 4 is 28.5 Å². The van der Waals surface area contributed by atoms with Crippen LogP contribution in [0.15, 0.2) is 48.7 Å². The number of hydrogen-bond acceptors (Lipinski definition) is 4. The summed E-state index contributed by atoms with van der Waals surface area (Å²) in [6.45, 7) is 3.04. The number of aromatic nitrogens is 1. The van der Waals surface area contributed by atoms with E-state index < -0.39 is 17.7 Å². The normalized spacial score (nSPS) is 16.1. The van der Waals surface area contributed by atoms with Crippen LogP contribution in [0.2, 0.25) is 0 Å². The molecule has 154 valence electrons. The maximum Gasteiger partial charge on any atom is 0.293 e. The van der Waals surface area contributed by atoms with Crippen LogP contribution in [0.4, 0.5) is 0 Å².